The van der Waals surface area contributed by atoms with Crippen molar-refractivity contribution < 1.29 is 9.90 Å². The molecule has 3 atom stereocenters. The maximum atomic E-state index is 10.7. The average Bonchev–Trinajstić information content (AvgIpc) is 2.26. The molecule has 0 aromatic rings. The molecule has 13 heavy (non-hydrogen) atoms. The summed E-state index contributed by atoms with van der Waals surface area (Å²) in [5, 5.41) is 8.82. The summed E-state index contributed by atoms with van der Waals surface area (Å²) in [4.78, 5) is 10.7. The minimum Gasteiger partial charge on any atom is -0.481 e. The van der Waals surface area contributed by atoms with Crippen LogP contribution in [0, 0.1) is 17.3 Å². The Kier molecular flexibility index (Phi) is 2.96. The molecular weight excluding hydrogens is 166 g/mol. The van der Waals surface area contributed by atoms with Gasteiger partial charge in [0, 0.05) is 0 Å². The van der Waals surface area contributed by atoms with E-state index in [2.05, 4.69) is 13.8 Å². The standard InChI is InChI=1S/C10H19NO2/c1-7-3-8(2)10(4-7,6-11)5-9(12)13/h7-8H,3-6,11H2,1-2H3,(H,12,13)/t7-,8-,10-/m1/s1. The Bertz CT molecular complexity index is 205. The Balaban J connectivity index is 2.74. The molecule has 0 aromatic heterocycles. The van der Waals surface area contributed by atoms with Crippen molar-refractivity contribution in [3.05, 3.63) is 0 Å². The SMILES string of the molecule is C[C@@H]1C[C@@H](C)[C@@](CN)(CC(=O)O)C1. The molecule has 0 amide bonds. The zero-order valence-corrected chi connectivity index (χ0v) is 8.42. The van der Waals surface area contributed by atoms with Crippen LogP contribution in [-0.2, 0) is 4.79 Å². The number of hydrogen-bond donors (Lipinski definition) is 2. The molecular formula is C10H19NO2. The molecule has 0 aliphatic heterocycles. The van der Waals surface area contributed by atoms with E-state index in [-0.39, 0.29) is 11.8 Å². The van der Waals surface area contributed by atoms with Crippen LogP contribution in [0.25, 0.3) is 0 Å². The van der Waals surface area contributed by atoms with Crippen LogP contribution in [0.4, 0.5) is 0 Å². The van der Waals surface area contributed by atoms with Gasteiger partial charge in [-0.15, -0.1) is 0 Å². The molecule has 0 unspecified atom stereocenters. The highest BCUT2D eigenvalue weighted by Gasteiger charge is 2.43. The van der Waals surface area contributed by atoms with Gasteiger partial charge < -0.3 is 10.8 Å². The third-order valence-corrected chi connectivity index (χ3v) is 3.47. The van der Waals surface area contributed by atoms with E-state index in [9.17, 15) is 4.79 Å². The van der Waals surface area contributed by atoms with Crippen molar-refractivity contribution in [3.63, 3.8) is 0 Å². The third kappa shape index (κ3) is 2.02. The zero-order chi connectivity index (χ0) is 10.1. The topological polar surface area (TPSA) is 63.3 Å². The van der Waals surface area contributed by atoms with Crippen molar-refractivity contribution in [1.29, 1.82) is 0 Å². The predicted octanol–water partition coefficient (Wildman–Crippen LogP) is 1.47. The van der Waals surface area contributed by atoms with Crippen molar-refractivity contribution in [2.45, 2.75) is 33.1 Å². The van der Waals surface area contributed by atoms with Crippen molar-refractivity contribution in [2.75, 3.05) is 6.54 Å². The highest BCUT2D eigenvalue weighted by atomic mass is 16.4. The molecule has 3 nitrogen and oxygen atoms in total. The van der Waals surface area contributed by atoms with E-state index >= 15 is 0 Å². The molecule has 0 heterocycles. The van der Waals surface area contributed by atoms with Crippen LogP contribution in [-0.4, -0.2) is 17.6 Å². The van der Waals surface area contributed by atoms with Crippen molar-refractivity contribution in [3.8, 4) is 0 Å². The van der Waals surface area contributed by atoms with Gasteiger partial charge in [0.15, 0.2) is 0 Å². The van der Waals surface area contributed by atoms with E-state index in [4.69, 9.17) is 10.8 Å². The molecule has 3 heteroatoms. The Morgan fingerprint density at radius 2 is 2.23 bits per heavy atom. The first kappa shape index (κ1) is 10.5. The van der Waals surface area contributed by atoms with Crippen molar-refractivity contribution in [1.82, 2.24) is 0 Å². The fraction of sp³-hybridized carbons (Fsp3) is 0.900. The molecule has 0 aromatic carbocycles. The van der Waals surface area contributed by atoms with Gasteiger partial charge in [0.2, 0.25) is 0 Å². The number of carbonyl (C=O) groups is 1. The molecule has 0 saturated heterocycles. The average molecular weight is 185 g/mol. The maximum Gasteiger partial charge on any atom is 0.303 e. The van der Waals surface area contributed by atoms with Crippen LogP contribution < -0.4 is 5.73 Å². The van der Waals surface area contributed by atoms with Crippen LogP contribution in [0.15, 0.2) is 0 Å². The summed E-state index contributed by atoms with van der Waals surface area (Å²) in [6, 6.07) is 0. The highest BCUT2D eigenvalue weighted by Crippen LogP contribution is 2.47. The Hall–Kier alpha value is -0.570. The molecule has 3 N–H and O–H groups in total. The van der Waals surface area contributed by atoms with Crippen LogP contribution in [0.3, 0.4) is 0 Å². The number of rotatable bonds is 3. The van der Waals surface area contributed by atoms with Crippen LogP contribution >= 0.6 is 0 Å². The lowest BCUT2D eigenvalue weighted by molar-refractivity contribution is -0.140. The molecule has 0 bridgehead atoms. The van der Waals surface area contributed by atoms with E-state index in [1.165, 1.54) is 0 Å². The van der Waals surface area contributed by atoms with E-state index in [1.807, 2.05) is 0 Å². The lowest BCUT2D eigenvalue weighted by Crippen LogP contribution is -2.35. The zero-order valence-electron chi connectivity index (χ0n) is 8.42. The van der Waals surface area contributed by atoms with Crippen molar-refractivity contribution >= 4 is 5.97 Å². The summed E-state index contributed by atoms with van der Waals surface area (Å²) < 4.78 is 0. The first-order chi connectivity index (χ1) is 6.00. The summed E-state index contributed by atoms with van der Waals surface area (Å²) in [6.45, 7) is 4.81. The normalized spacial score (nSPS) is 39.3. The number of nitrogens with two attached hydrogens (primary N) is 1. The van der Waals surface area contributed by atoms with Gasteiger partial charge in [0.1, 0.15) is 0 Å². The first-order valence-electron chi connectivity index (χ1n) is 4.92. The van der Waals surface area contributed by atoms with Gasteiger partial charge >= 0.3 is 5.97 Å². The van der Waals surface area contributed by atoms with E-state index in [1.54, 1.807) is 0 Å². The second kappa shape index (κ2) is 3.66. The number of carboxylic acids is 1. The van der Waals surface area contributed by atoms with Gasteiger partial charge in [0.25, 0.3) is 0 Å². The Morgan fingerprint density at radius 3 is 2.54 bits per heavy atom. The predicted molar refractivity (Wildman–Crippen MR) is 51.3 cm³/mol. The first-order valence-corrected chi connectivity index (χ1v) is 4.92. The molecule has 1 aliphatic rings. The minimum atomic E-state index is -0.716. The quantitative estimate of drug-likeness (QED) is 0.700. The fourth-order valence-electron chi connectivity index (χ4n) is 2.74. The molecule has 1 rings (SSSR count). The van der Waals surface area contributed by atoms with Crippen LogP contribution in [0.2, 0.25) is 0 Å². The van der Waals surface area contributed by atoms with Gasteiger partial charge in [-0.1, -0.05) is 13.8 Å². The summed E-state index contributed by atoms with van der Waals surface area (Å²) in [6.07, 6.45) is 2.32. The van der Waals surface area contributed by atoms with Crippen LogP contribution in [0.1, 0.15) is 33.1 Å². The number of carboxylic acid groups (broad SMARTS) is 1. The van der Waals surface area contributed by atoms with Gasteiger partial charge in [-0.05, 0) is 36.6 Å². The van der Waals surface area contributed by atoms with E-state index in [0.717, 1.165) is 12.8 Å². The summed E-state index contributed by atoms with van der Waals surface area (Å²) >= 11 is 0. The number of aliphatic carboxylic acids is 1. The molecule has 0 radical (unpaired) electrons. The lowest BCUT2D eigenvalue weighted by atomic mass is 9.76. The Labute approximate surface area is 79.3 Å². The summed E-state index contributed by atoms with van der Waals surface area (Å²) in [5.41, 5.74) is 5.57. The van der Waals surface area contributed by atoms with Gasteiger partial charge in [-0.3, -0.25) is 4.79 Å². The van der Waals surface area contributed by atoms with Gasteiger partial charge in [0.05, 0.1) is 6.42 Å². The smallest absolute Gasteiger partial charge is 0.303 e. The van der Waals surface area contributed by atoms with Crippen molar-refractivity contribution in [2.24, 2.45) is 23.0 Å². The molecule has 1 saturated carbocycles. The molecule has 0 spiro atoms. The monoisotopic (exact) mass is 185 g/mol. The maximum absolute atomic E-state index is 10.7. The minimum absolute atomic E-state index is 0.134. The van der Waals surface area contributed by atoms with E-state index in [0.29, 0.717) is 18.4 Å². The second-order valence-corrected chi connectivity index (χ2v) is 4.58. The van der Waals surface area contributed by atoms with Gasteiger partial charge in [-0.2, -0.15) is 0 Å². The van der Waals surface area contributed by atoms with E-state index < -0.39 is 5.97 Å². The second-order valence-electron chi connectivity index (χ2n) is 4.58. The number of hydrogen-bond acceptors (Lipinski definition) is 2. The molecule has 76 valence electrons. The highest BCUT2D eigenvalue weighted by molar-refractivity contribution is 5.67. The largest absolute Gasteiger partial charge is 0.481 e. The third-order valence-electron chi connectivity index (χ3n) is 3.47. The lowest BCUT2D eigenvalue weighted by Gasteiger charge is -2.30. The molecule has 1 fully saturated rings. The van der Waals surface area contributed by atoms with Gasteiger partial charge in [-0.25, -0.2) is 0 Å². The summed E-state index contributed by atoms with van der Waals surface area (Å²) in [7, 11) is 0. The summed E-state index contributed by atoms with van der Waals surface area (Å²) in [5.74, 6) is 0.355. The van der Waals surface area contributed by atoms with Crippen LogP contribution in [0.5, 0.6) is 0 Å². The fourth-order valence-corrected chi connectivity index (χ4v) is 2.74. The Morgan fingerprint density at radius 1 is 1.62 bits per heavy atom. The molecule has 1 aliphatic carbocycles.